The molecule has 1 saturated heterocycles. The third kappa shape index (κ3) is 5.82. The molecule has 1 unspecified atom stereocenters. The summed E-state index contributed by atoms with van der Waals surface area (Å²) >= 11 is 0. The van der Waals surface area contributed by atoms with E-state index in [1.165, 1.54) is 31.4 Å². The van der Waals surface area contributed by atoms with Gasteiger partial charge in [0.05, 0.1) is 12.6 Å². The minimum absolute atomic E-state index is 0.243. The molecular weight excluding hydrogens is 457 g/mol. The highest BCUT2D eigenvalue weighted by Crippen LogP contribution is 2.33. The van der Waals surface area contributed by atoms with E-state index in [2.05, 4.69) is 30.1 Å². The standard InChI is InChI=1S/C25H29F3N6O/c26-25(27,28)35-22-12-4-9-20(17-22)23(33-14-6-13-32(15-16-33)21-10-5-11-21)24-29-30-31-34(24)18-19-7-2-1-3-8-19/h1-4,7-9,12,17,21,23H,5-6,10-11,13-16,18H2. The normalized spacial score (nSPS) is 19.2. The van der Waals surface area contributed by atoms with E-state index < -0.39 is 12.4 Å². The zero-order chi connectivity index (χ0) is 24.3. The van der Waals surface area contributed by atoms with E-state index in [0.29, 0.717) is 24.0 Å². The molecule has 5 rings (SSSR count). The Morgan fingerprint density at radius 2 is 1.77 bits per heavy atom. The van der Waals surface area contributed by atoms with E-state index in [1.54, 1.807) is 10.7 Å². The topological polar surface area (TPSA) is 59.3 Å². The van der Waals surface area contributed by atoms with Crippen LogP contribution in [0.15, 0.2) is 54.6 Å². The molecule has 0 amide bonds. The van der Waals surface area contributed by atoms with Gasteiger partial charge in [-0.15, -0.1) is 18.3 Å². The average molecular weight is 487 g/mol. The lowest BCUT2D eigenvalue weighted by Crippen LogP contribution is -2.42. The Balaban J connectivity index is 1.47. The third-order valence-corrected chi connectivity index (χ3v) is 6.91. The van der Waals surface area contributed by atoms with E-state index >= 15 is 0 Å². The van der Waals surface area contributed by atoms with Crippen LogP contribution < -0.4 is 4.74 Å². The maximum absolute atomic E-state index is 12.9. The van der Waals surface area contributed by atoms with Crippen LogP contribution in [0.25, 0.3) is 0 Å². The van der Waals surface area contributed by atoms with Gasteiger partial charge in [-0.25, -0.2) is 4.68 Å². The van der Waals surface area contributed by atoms with Gasteiger partial charge < -0.3 is 4.74 Å². The number of hydrogen-bond acceptors (Lipinski definition) is 6. The Labute approximate surface area is 202 Å². The summed E-state index contributed by atoms with van der Waals surface area (Å²) in [6, 6.07) is 16.3. The number of aromatic nitrogens is 4. The number of benzene rings is 2. The second-order valence-electron chi connectivity index (χ2n) is 9.21. The summed E-state index contributed by atoms with van der Waals surface area (Å²) in [5.74, 6) is 0.364. The van der Waals surface area contributed by atoms with Gasteiger partial charge in [0.25, 0.3) is 0 Å². The number of tetrazole rings is 1. The Morgan fingerprint density at radius 1 is 0.943 bits per heavy atom. The summed E-state index contributed by atoms with van der Waals surface area (Å²) < 4.78 is 44.8. The van der Waals surface area contributed by atoms with E-state index in [0.717, 1.165) is 38.2 Å². The molecule has 0 N–H and O–H groups in total. The maximum Gasteiger partial charge on any atom is 0.573 e. The highest BCUT2D eigenvalue weighted by molar-refractivity contribution is 5.34. The summed E-state index contributed by atoms with van der Waals surface area (Å²) in [6.45, 7) is 4.00. The van der Waals surface area contributed by atoms with Crippen molar-refractivity contribution in [1.82, 2.24) is 30.0 Å². The molecule has 1 aliphatic carbocycles. The van der Waals surface area contributed by atoms with E-state index in [4.69, 9.17) is 0 Å². The quantitative estimate of drug-likeness (QED) is 0.497. The molecule has 1 aliphatic heterocycles. The lowest BCUT2D eigenvalue weighted by molar-refractivity contribution is -0.274. The van der Waals surface area contributed by atoms with Crippen LogP contribution in [0, 0.1) is 0 Å². The van der Waals surface area contributed by atoms with Gasteiger partial charge in [-0.05, 0) is 59.5 Å². The molecule has 1 atom stereocenters. The lowest BCUT2D eigenvalue weighted by atomic mass is 9.91. The zero-order valence-corrected chi connectivity index (χ0v) is 19.4. The number of hydrogen-bond donors (Lipinski definition) is 0. The number of rotatable bonds is 7. The molecule has 2 fully saturated rings. The van der Waals surface area contributed by atoms with Crippen molar-refractivity contribution in [2.24, 2.45) is 0 Å². The minimum Gasteiger partial charge on any atom is -0.406 e. The smallest absolute Gasteiger partial charge is 0.406 e. The molecule has 0 spiro atoms. The van der Waals surface area contributed by atoms with Gasteiger partial charge in [-0.1, -0.05) is 48.9 Å². The molecule has 2 heterocycles. The van der Waals surface area contributed by atoms with Gasteiger partial charge >= 0.3 is 6.36 Å². The summed E-state index contributed by atoms with van der Waals surface area (Å²) in [4.78, 5) is 4.84. The first-order valence-corrected chi connectivity index (χ1v) is 12.1. The molecule has 0 bridgehead atoms. The molecule has 3 aromatic rings. The molecule has 7 nitrogen and oxygen atoms in total. The molecule has 1 saturated carbocycles. The molecule has 2 aromatic carbocycles. The van der Waals surface area contributed by atoms with Crippen LogP contribution in [0.2, 0.25) is 0 Å². The van der Waals surface area contributed by atoms with Crippen LogP contribution in [0.5, 0.6) is 5.75 Å². The number of nitrogens with zero attached hydrogens (tertiary/aromatic N) is 6. The summed E-state index contributed by atoms with van der Waals surface area (Å²) in [5, 5.41) is 12.5. The molecular formula is C25H29F3N6O. The first-order chi connectivity index (χ1) is 17.0. The fourth-order valence-electron chi connectivity index (χ4n) is 5.01. The monoisotopic (exact) mass is 486 g/mol. The number of ether oxygens (including phenoxy) is 1. The van der Waals surface area contributed by atoms with E-state index in [1.807, 2.05) is 36.4 Å². The first kappa shape index (κ1) is 23.7. The third-order valence-electron chi connectivity index (χ3n) is 6.91. The average Bonchev–Trinajstić information content (AvgIpc) is 3.09. The van der Waals surface area contributed by atoms with Crippen molar-refractivity contribution >= 4 is 0 Å². The highest BCUT2D eigenvalue weighted by atomic mass is 19.4. The second-order valence-corrected chi connectivity index (χ2v) is 9.21. The first-order valence-electron chi connectivity index (χ1n) is 12.1. The van der Waals surface area contributed by atoms with Gasteiger partial charge in [0.1, 0.15) is 5.75 Å². The maximum atomic E-state index is 12.9. The van der Waals surface area contributed by atoms with Crippen LogP contribution in [0.3, 0.4) is 0 Å². The Kier molecular flexibility index (Phi) is 7.01. The van der Waals surface area contributed by atoms with Gasteiger partial charge in [0, 0.05) is 25.7 Å². The fourth-order valence-corrected chi connectivity index (χ4v) is 5.01. The van der Waals surface area contributed by atoms with Gasteiger partial charge in [-0.2, -0.15) is 0 Å². The molecule has 10 heteroatoms. The summed E-state index contributed by atoms with van der Waals surface area (Å²) in [6.07, 6.45) is -0.000202. The second kappa shape index (κ2) is 10.3. The minimum atomic E-state index is -4.76. The van der Waals surface area contributed by atoms with Crippen LogP contribution in [-0.4, -0.2) is 68.6 Å². The largest absolute Gasteiger partial charge is 0.573 e. The molecule has 0 radical (unpaired) electrons. The molecule has 35 heavy (non-hydrogen) atoms. The predicted octanol–water partition coefficient (Wildman–Crippen LogP) is 4.27. The van der Waals surface area contributed by atoms with Crippen molar-refractivity contribution in [3.8, 4) is 5.75 Å². The fraction of sp³-hybridized carbons (Fsp3) is 0.480. The SMILES string of the molecule is FC(F)(F)Oc1cccc(C(c2nnnn2Cc2ccccc2)N2CCCN(C3CCC3)CC2)c1. The van der Waals surface area contributed by atoms with Gasteiger partial charge in [0.2, 0.25) is 0 Å². The summed E-state index contributed by atoms with van der Waals surface area (Å²) in [7, 11) is 0. The van der Waals surface area contributed by atoms with E-state index in [-0.39, 0.29) is 5.75 Å². The molecule has 186 valence electrons. The number of halogens is 3. The van der Waals surface area contributed by atoms with Crippen molar-refractivity contribution in [3.05, 3.63) is 71.5 Å². The van der Waals surface area contributed by atoms with Crippen molar-refractivity contribution in [1.29, 1.82) is 0 Å². The Hall–Kier alpha value is -2.98. The Morgan fingerprint density at radius 3 is 2.51 bits per heavy atom. The molecule has 1 aromatic heterocycles. The summed E-state index contributed by atoms with van der Waals surface area (Å²) in [5.41, 5.74) is 1.72. The zero-order valence-electron chi connectivity index (χ0n) is 19.4. The van der Waals surface area contributed by atoms with Crippen molar-refractivity contribution in [2.45, 2.75) is 50.7 Å². The Bertz CT molecular complexity index is 1100. The van der Waals surface area contributed by atoms with Crippen LogP contribution in [-0.2, 0) is 6.54 Å². The van der Waals surface area contributed by atoms with Crippen molar-refractivity contribution in [2.75, 3.05) is 26.2 Å². The van der Waals surface area contributed by atoms with Crippen LogP contribution in [0.4, 0.5) is 13.2 Å². The van der Waals surface area contributed by atoms with Gasteiger partial charge in [-0.3, -0.25) is 9.80 Å². The van der Waals surface area contributed by atoms with E-state index in [9.17, 15) is 13.2 Å². The van der Waals surface area contributed by atoms with Crippen molar-refractivity contribution in [3.63, 3.8) is 0 Å². The van der Waals surface area contributed by atoms with Crippen molar-refractivity contribution < 1.29 is 17.9 Å². The van der Waals surface area contributed by atoms with Crippen LogP contribution >= 0.6 is 0 Å². The predicted molar refractivity (Wildman–Crippen MR) is 124 cm³/mol. The number of alkyl halides is 3. The highest BCUT2D eigenvalue weighted by Gasteiger charge is 2.34. The van der Waals surface area contributed by atoms with Gasteiger partial charge in [0.15, 0.2) is 5.82 Å². The lowest BCUT2D eigenvalue weighted by Gasteiger charge is -2.37. The van der Waals surface area contributed by atoms with Crippen LogP contribution in [0.1, 0.15) is 48.7 Å². The molecule has 2 aliphatic rings.